The zero-order chi connectivity index (χ0) is 20.6. The number of piperidine rings is 1. The molecule has 2 saturated heterocycles. The van der Waals surface area contributed by atoms with Gasteiger partial charge in [-0.1, -0.05) is 0 Å². The monoisotopic (exact) mass is 420 g/mol. The van der Waals surface area contributed by atoms with E-state index in [1.54, 1.807) is 4.31 Å². The van der Waals surface area contributed by atoms with Crippen molar-refractivity contribution in [3.63, 3.8) is 0 Å². The summed E-state index contributed by atoms with van der Waals surface area (Å²) in [7, 11) is -3.81. The van der Waals surface area contributed by atoms with Crippen molar-refractivity contribution in [2.45, 2.75) is 43.2 Å². The minimum absolute atomic E-state index is 0.0466. The maximum atomic E-state index is 13.7. The number of nitrogens with zero attached hydrogens (tertiary/aromatic N) is 2. The number of hydrogen-bond donors (Lipinski definition) is 3. The summed E-state index contributed by atoms with van der Waals surface area (Å²) in [5.74, 6) is 2.32. The van der Waals surface area contributed by atoms with E-state index in [0.717, 1.165) is 44.3 Å². The second-order valence-corrected chi connectivity index (χ2v) is 10.5. The van der Waals surface area contributed by atoms with Crippen LogP contribution in [0.2, 0.25) is 0 Å². The molecule has 2 aliphatic heterocycles. The van der Waals surface area contributed by atoms with Gasteiger partial charge in [0.15, 0.2) is 0 Å². The van der Waals surface area contributed by atoms with E-state index in [9.17, 15) is 18.3 Å². The topological polar surface area (TPSA) is 116 Å². The first-order valence-electron chi connectivity index (χ1n) is 10.4. The molecule has 0 amide bonds. The van der Waals surface area contributed by atoms with Gasteiger partial charge in [-0.05, 0) is 0 Å². The Bertz CT molecular complexity index is 845. The molecule has 0 unspecified atom stereocenters. The molecule has 4 rings (SSSR count). The Balaban J connectivity index is 1.63. The van der Waals surface area contributed by atoms with Crippen molar-refractivity contribution >= 4 is 23.1 Å². The van der Waals surface area contributed by atoms with E-state index in [-0.39, 0.29) is 19.1 Å². The second-order valence-electron chi connectivity index (χ2n) is 8.60. The number of carboxylic acids is 1. The van der Waals surface area contributed by atoms with Crippen LogP contribution in [-0.4, -0.2) is 79.3 Å². The van der Waals surface area contributed by atoms with Gasteiger partial charge in [-0.15, -0.1) is 0 Å². The van der Waals surface area contributed by atoms with Crippen LogP contribution in [0.1, 0.15) is 37.2 Å². The summed E-state index contributed by atoms with van der Waals surface area (Å²) in [4.78, 5) is 12.1. The number of nitrogens with one attached hydrogen (secondary N) is 1. The van der Waals surface area contributed by atoms with Crippen molar-refractivity contribution in [3.8, 4) is 0 Å². The van der Waals surface area contributed by atoms with Gasteiger partial charge in [0.1, 0.15) is 0 Å². The Morgan fingerprint density at radius 1 is 1.34 bits per heavy atom. The minimum atomic E-state index is -3.81. The van der Waals surface area contributed by atoms with Gasteiger partial charge in [-0.25, -0.2) is 0 Å². The fraction of sp³-hybridized carbons (Fsp3) is 0.684. The van der Waals surface area contributed by atoms with Crippen molar-refractivity contribution in [2.75, 3.05) is 32.7 Å². The summed E-state index contributed by atoms with van der Waals surface area (Å²) in [6, 6.07) is 3.60. The number of hydrogen-bond acceptors (Lipinski definition) is 5. The third-order valence-corrected chi connectivity index (χ3v) is 8.49. The van der Waals surface area contributed by atoms with E-state index in [1.807, 2.05) is 31.0 Å². The van der Waals surface area contributed by atoms with Crippen LogP contribution < -0.4 is 11.1 Å². The van der Waals surface area contributed by atoms with Gasteiger partial charge in [0.2, 0.25) is 0 Å². The van der Waals surface area contributed by atoms with Gasteiger partial charge in [0, 0.05) is 0 Å². The van der Waals surface area contributed by atoms with Crippen molar-refractivity contribution in [3.05, 3.63) is 29.6 Å². The Morgan fingerprint density at radius 3 is 2.66 bits per heavy atom. The average Bonchev–Trinajstić information content (AvgIpc) is 3.47. The first-order chi connectivity index (χ1) is 13.8. The van der Waals surface area contributed by atoms with Crippen LogP contribution in [0.15, 0.2) is 24.1 Å². The zero-order valence-electron chi connectivity index (χ0n) is 16.5. The van der Waals surface area contributed by atoms with Crippen molar-refractivity contribution < 1.29 is 18.3 Å². The molecule has 10 heteroatoms. The molecule has 0 aromatic carbocycles. The fourth-order valence-electron chi connectivity index (χ4n) is 4.54. The summed E-state index contributed by atoms with van der Waals surface area (Å²) in [5.41, 5.74) is 5.43. The number of carboxylic acid groups (broad SMARTS) is 1. The third kappa shape index (κ3) is 4.13. The van der Waals surface area contributed by atoms with Crippen LogP contribution in [0.3, 0.4) is 0 Å². The second kappa shape index (κ2) is 8.07. The Hall–Kier alpha value is -1.33. The quantitative estimate of drug-likeness (QED) is 0.568. The molecule has 3 heterocycles. The molecule has 0 radical (unpaired) electrons. The molecule has 1 aromatic heterocycles. The third-order valence-electron chi connectivity index (χ3n) is 6.52. The molecule has 158 valence electrons. The first-order valence-corrected chi connectivity index (χ1v) is 11.8. The van der Waals surface area contributed by atoms with Crippen LogP contribution in [-0.2, 0) is 15.0 Å². The van der Waals surface area contributed by atoms with Gasteiger partial charge in [0.05, 0.1) is 0 Å². The number of nitrogens with two attached hydrogens (primary N) is 1. The molecule has 3 fully saturated rings. The fourth-order valence-corrected chi connectivity index (χ4v) is 6.54. The number of rotatable bonds is 7. The predicted molar refractivity (Wildman–Crippen MR) is 111 cm³/mol. The van der Waals surface area contributed by atoms with Crippen LogP contribution >= 0.6 is 0 Å². The molecule has 0 spiro atoms. The van der Waals surface area contributed by atoms with E-state index >= 15 is 0 Å². The van der Waals surface area contributed by atoms with Gasteiger partial charge in [-0.3, -0.25) is 0 Å². The van der Waals surface area contributed by atoms with E-state index in [0.29, 0.717) is 12.5 Å². The molecule has 1 saturated carbocycles. The van der Waals surface area contributed by atoms with Crippen molar-refractivity contribution in [1.29, 1.82) is 0 Å². The molecule has 1 aliphatic carbocycles. The predicted octanol–water partition coefficient (Wildman–Crippen LogP) is -0.0852. The molecule has 2 atom stereocenters. The molecule has 29 heavy (non-hydrogen) atoms. The standard InChI is InChI=1S/C19H29BN4O4S/c21-19(18(25)26)13-23(12-17(19)15-2-1-7-20-10-15)29(27,28)24(11-14-3-4-14)16-5-8-22-9-6-16/h1-2,7,10,14,16-17,22H,3-6,8-9,11-13,21H2,(H,25,26)/t17-,19+/m1/s1. The van der Waals surface area contributed by atoms with Crippen molar-refractivity contribution in [2.24, 2.45) is 11.7 Å². The molecule has 1 aromatic rings. The number of carbonyl (C=O) groups is 1. The maximum absolute atomic E-state index is 13.7. The number of aliphatic carboxylic acids is 1. The summed E-state index contributed by atoms with van der Waals surface area (Å²) in [6.45, 7) is 3.80. The Morgan fingerprint density at radius 2 is 2.07 bits per heavy atom. The van der Waals surface area contributed by atoms with Gasteiger partial charge < -0.3 is 0 Å². The molecule has 3 aliphatic rings. The van der Waals surface area contributed by atoms with E-state index in [4.69, 9.17) is 5.73 Å². The van der Waals surface area contributed by atoms with Crippen LogP contribution in [0.4, 0.5) is 0 Å². The van der Waals surface area contributed by atoms with Crippen LogP contribution in [0.25, 0.3) is 0 Å². The van der Waals surface area contributed by atoms with Gasteiger partial charge in [0.25, 0.3) is 0 Å². The first kappa shape index (κ1) is 20.9. The zero-order valence-corrected chi connectivity index (χ0v) is 17.4. The Kier molecular flexibility index (Phi) is 5.82. The van der Waals surface area contributed by atoms with Crippen molar-refractivity contribution in [1.82, 2.24) is 13.9 Å². The molecule has 0 bridgehead atoms. The van der Waals surface area contributed by atoms with Gasteiger partial charge >= 0.3 is 173 Å². The van der Waals surface area contributed by atoms with Crippen LogP contribution in [0, 0.1) is 5.92 Å². The van der Waals surface area contributed by atoms with E-state index in [2.05, 4.69) is 5.32 Å². The van der Waals surface area contributed by atoms with Crippen LogP contribution in [0.5, 0.6) is 0 Å². The molecule has 8 nitrogen and oxygen atoms in total. The summed E-state index contributed by atoms with van der Waals surface area (Å²) >= 11 is 0. The molecule has 4 N–H and O–H groups in total. The SMILES string of the molecule is N[C@@]1(C(=O)O)CN(S(=O)(=O)N(CC2CC2)C2CCNCC2)C[C@@H]1c1cbccc1. The summed E-state index contributed by atoms with van der Waals surface area (Å²) in [5, 5.41) is 13.1. The average molecular weight is 420 g/mol. The normalized spacial score (nSPS) is 29.2. The molecular weight excluding hydrogens is 391 g/mol. The van der Waals surface area contributed by atoms with E-state index < -0.39 is 27.6 Å². The Labute approximate surface area is 172 Å². The molecular formula is C19H29BN4O4S. The van der Waals surface area contributed by atoms with Gasteiger partial charge in [-0.2, -0.15) is 0 Å². The summed E-state index contributed by atoms with van der Waals surface area (Å²) in [6.07, 6.45) is 3.66. The summed E-state index contributed by atoms with van der Waals surface area (Å²) < 4.78 is 30.3. The van der Waals surface area contributed by atoms with E-state index in [1.165, 1.54) is 4.31 Å².